The number of nitrogens with one attached hydrogen (secondary N) is 2. The molecule has 1 aromatic rings. The van der Waals surface area contributed by atoms with Gasteiger partial charge < -0.3 is 31.1 Å². The zero-order valence-electron chi connectivity index (χ0n) is 22.6. The summed E-state index contributed by atoms with van der Waals surface area (Å²) in [6.45, 7) is 12.0. The molecule has 0 aromatic heterocycles. The molecule has 5 N–H and O–H groups in total. The van der Waals surface area contributed by atoms with Crippen LogP contribution in [0.5, 0.6) is 0 Å². The zero-order valence-corrected chi connectivity index (χ0v) is 22.6. The van der Waals surface area contributed by atoms with Crippen molar-refractivity contribution in [2.45, 2.75) is 84.0 Å². The minimum atomic E-state index is -1.22. The number of nitrogens with two attached hydrogens (primary N) is 1. The largest absolute Gasteiger partial charge is 0.444 e. The van der Waals surface area contributed by atoms with Gasteiger partial charge >= 0.3 is 6.09 Å². The predicted octanol–water partition coefficient (Wildman–Crippen LogP) is 2.66. The van der Waals surface area contributed by atoms with Crippen molar-refractivity contribution >= 4 is 29.9 Å². The molecule has 0 aliphatic rings. The lowest BCUT2D eigenvalue weighted by molar-refractivity contribution is -0.143. The lowest BCUT2D eigenvalue weighted by Crippen LogP contribution is -2.54. The summed E-state index contributed by atoms with van der Waals surface area (Å²) in [6, 6.07) is 4.50. The number of rotatable bonds is 14. The fraction of sp³-hybridized carbons (Fsp3) is 0.556. The van der Waals surface area contributed by atoms with Crippen LogP contribution >= 0.6 is 0 Å². The monoisotopic (exact) mass is 518 g/mol. The molecular weight excluding hydrogens is 476 g/mol. The Morgan fingerprint density at radius 1 is 1.19 bits per heavy atom. The predicted molar refractivity (Wildman–Crippen MR) is 142 cm³/mol. The molecule has 0 bridgehead atoms. The number of carbonyl (C=O) groups is 4. The second-order valence-corrected chi connectivity index (χ2v) is 9.93. The Labute approximate surface area is 219 Å². The highest BCUT2D eigenvalue weighted by molar-refractivity contribution is 5.92. The molecule has 10 nitrogen and oxygen atoms in total. The molecule has 206 valence electrons. The van der Waals surface area contributed by atoms with Gasteiger partial charge in [-0.1, -0.05) is 44.2 Å². The maximum absolute atomic E-state index is 13.8. The number of aliphatic hydroxyl groups is 1. The van der Waals surface area contributed by atoms with E-state index in [9.17, 15) is 24.3 Å². The number of ether oxygens (including phenoxy) is 1. The van der Waals surface area contributed by atoms with Gasteiger partial charge in [0.05, 0.1) is 6.61 Å². The standard InChI is InChI=1S/C27H42N4O6/c1-7-10-18(3)29-24(34)23(20-12-9-11-19(8-2)17-20)31(15-16-32)25(35)21(13-14-22(28)33)30-26(36)37-27(4,5)6/h8-9,11-12,17-18,21,23,32H,2,7,10,13-16H2,1,3-6H3,(H2,28,33)(H,29,34)(H,30,36). The smallest absolute Gasteiger partial charge is 0.408 e. The molecule has 0 aliphatic heterocycles. The first kappa shape index (κ1) is 31.6. The van der Waals surface area contributed by atoms with Crippen LogP contribution in [0.3, 0.4) is 0 Å². The van der Waals surface area contributed by atoms with Crippen LogP contribution in [0, 0.1) is 0 Å². The number of alkyl carbamates (subject to hydrolysis) is 1. The minimum absolute atomic E-state index is 0.109. The molecular formula is C27H42N4O6. The molecule has 1 aromatic carbocycles. The van der Waals surface area contributed by atoms with Gasteiger partial charge in [-0.2, -0.15) is 0 Å². The number of benzene rings is 1. The van der Waals surface area contributed by atoms with Gasteiger partial charge in [-0.15, -0.1) is 0 Å². The lowest BCUT2D eigenvalue weighted by Gasteiger charge is -2.34. The van der Waals surface area contributed by atoms with Gasteiger partial charge in [0, 0.05) is 19.0 Å². The van der Waals surface area contributed by atoms with E-state index in [1.54, 1.807) is 45.0 Å². The normalized spacial score (nSPS) is 13.6. The Kier molecular flexibility index (Phi) is 12.8. The molecule has 0 saturated carbocycles. The average molecular weight is 519 g/mol. The van der Waals surface area contributed by atoms with Crippen LogP contribution in [0.25, 0.3) is 6.08 Å². The van der Waals surface area contributed by atoms with Crippen LogP contribution in [0.4, 0.5) is 4.79 Å². The van der Waals surface area contributed by atoms with E-state index in [2.05, 4.69) is 17.2 Å². The number of amides is 4. The zero-order chi connectivity index (χ0) is 28.2. The first-order valence-electron chi connectivity index (χ1n) is 12.5. The van der Waals surface area contributed by atoms with Crippen LogP contribution in [0.15, 0.2) is 30.8 Å². The summed E-state index contributed by atoms with van der Waals surface area (Å²) in [5.74, 6) is -1.75. The summed E-state index contributed by atoms with van der Waals surface area (Å²) in [5.41, 5.74) is 5.72. The van der Waals surface area contributed by atoms with E-state index < -0.39 is 48.1 Å². The van der Waals surface area contributed by atoms with Gasteiger partial charge in [0.2, 0.25) is 17.7 Å². The van der Waals surface area contributed by atoms with Crippen molar-refractivity contribution < 1.29 is 29.0 Å². The number of carbonyl (C=O) groups excluding carboxylic acids is 4. The van der Waals surface area contributed by atoms with E-state index in [1.165, 1.54) is 4.90 Å². The van der Waals surface area contributed by atoms with Crippen LogP contribution in [-0.4, -0.2) is 64.7 Å². The highest BCUT2D eigenvalue weighted by atomic mass is 16.6. The molecule has 37 heavy (non-hydrogen) atoms. The van der Waals surface area contributed by atoms with Gasteiger partial charge in [-0.3, -0.25) is 14.4 Å². The Morgan fingerprint density at radius 2 is 1.86 bits per heavy atom. The average Bonchev–Trinajstić information content (AvgIpc) is 2.80. The maximum atomic E-state index is 13.8. The Hall–Kier alpha value is -3.40. The van der Waals surface area contributed by atoms with Crippen LogP contribution in [-0.2, 0) is 19.1 Å². The molecule has 1 rings (SSSR count). The quantitative estimate of drug-likeness (QED) is 0.297. The number of hydrogen-bond donors (Lipinski definition) is 4. The van der Waals surface area contributed by atoms with Crippen molar-refractivity contribution in [2.75, 3.05) is 13.2 Å². The molecule has 0 fully saturated rings. The van der Waals surface area contributed by atoms with Crippen molar-refractivity contribution in [3.05, 3.63) is 42.0 Å². The molecule has 3 atom stereocenters. The number of nitrogens with zero attached hydrogens (tertiary/aromatic N) is 1. The van der Waals surface area contributed by atoms with Gasteiger partial charge in [0.25, 0.3) is 0 Å². The first-order chi connectivity index (χ1) is 17.3. The van der Waals surface area contributed by atoms with E-state index in [1.807, 2.05) is 19.9 Å². The lowest BCUT2D eigenvalue weighted by atomic mass is 9.99. The number of hydrogen-bond acceptors (Lipinski definition) is 6. The fourth-order valence-corrected chi connectivity index (χ4v) is 3.82. The van der Waals surface area contributed by atoms with Crippen molar-refractivity contribution in [3.63, 3.8) is 0 Å². The van der Waals surface area contributed by atoms with Crippen molar-refractivity contribution in [1.29, 1.82) is 0 Å². The third-order valence-corrected chi connectivity index (χ3v) is 5.42. The van der Waals surface area contributed by atoms with Gasteiger partial charge in [0.15, 0.2) is 0 Å². The maximum Gasteiger partial charge on any atom is 0.408 e. The van der Waals surface area contributed by atoms with Crippen LogP contribution in [0.1, 0.15) is 77.5 Å². The Balaban J connectivity index is 3.49. The van der Waals surface area contributed by atoms with E-state index in [-0.39, 0.29) is 25.4 Å². The second-order valence-electron chi connectivity index (χ2n) is 9.93. The van der Waals surface area contributed by atoms with Crippen LogP contribution < -0.4 is 16.4 Å². The van der Waals surface area contributed by atoms with Crippen molar-refractivity contribution in [3.8, 4) is 0 Å². The Morgan fingerprint density at radius 3 is 2.41 bits per heavy atom. The summed E-state index contributed by atoms with van der Waals surface area (Å²) in [6.07, 6.45) is 2.06. The molecule has 4 amide bonds. The van der Waals surface area contributed by atoms with Crippen molar-refractivity contribution in [1.82, 2.24) is 15.5 Å². The van der Waals surface area contributed by atoms with E-state index in [0.29, 0.717) is 5.56 Å². The highest BCUT2D eigenvalue weighted by Gasteiger charge is 2.36. The SMILES string of the molecule is C=Cc1cccc(C(C(=O)NC(C)CCC)N(CCO)C(=O)C(CCC(N)=O)NC(=O)OC(C)(C)C)c1. The van der Waals surface area contributed by atoms with Crippen LogP contribution in [0.2, 0.25) is 0 Å². The first-order valence-corrected chi connectivity index (χ1v) is 12.5. The van der Waals surface area contributed by atoms with Crippen molar-refractivity contribution in [2.24, 2.45) is 5.73 Å². The molecule has 3 unspecified atom stereocenters. The number of aliphatic hydroxyl groups excluding tert-OH is 1. The Bertz CT molecular complexity index is 943. The highest BCUT2D eigenvalue weighted by Crippen LogP contribution is 2.25. The molecule has 0 saturated heterocycles. The minimum Gasteiger partial charge on any atom is -0.444 e. The van der Waals surface area contributed by atoms with E-state index >= 15 is 0 Å². The van der Waals surface area contributed by atoms with Gasteiger partial charge in [-0.05, 0) is 57.7 Å². The topological polar surface area (TPSA) is 151 Å². The number of primary amides is 1. The molecule has 10 heteroatoms. The summed E-state index contributed by atoms with van der Waals surface area (Å²) in [4.78, 5) is 52.6. The summed E-state index contributed by atoms with van der Waals surface area (Å²) >= 11 is 0. The summed E-state index contributed by atoms with van der Waals surface area (Å²) in [7, 11) is 0. The molecule has 0 radical (unpaired) electrons. The van der Waals surface area contributed by atoms with E-state index in [4.69, 9.17) is 10.5 Å². The third kappa shape index (κ3) is 11.0. The molecule has 0 heterocycles. The van der Waals surface area contributed by atoms with Gasteiger partial charge in [-0.25, -0.2) is 4.79 Å². The van der Waals surface area contributed by atoms with Gasteiger partial charge in [0.1, 0.15) is 17.7 Å². The fourth-order valence-electron chi connectivity index (χ4n) is 3.82. The second kappa shape index (κ2) is 15.0. The third-order valence-electron chi connectivity index (χ3n) is 5.42. The summed E-state index contributed by atoms with van der Waals surface area (Å²) < 4.78 is 5.29. The molecule has 0 spiro atoms. The van der Waals surface area contributed by atoms with E-state index in [0.717, 1.165) is 18.4 Å². The molecule has 0 aliphatic carbocycles. The summed E-state index contributed by atoms with van der Waals surface area (Å²) in [5, 5.41) is 15.3.